The number of benzene rings is 1. The van der Waals surface area contributed by atoms with Gasteiger partial charge in [-0.25, -0.2) is 4.98 Å². The smallest absolute Gasteiger partial charge is 0.193 e. The molecule has 7 heteroatoms. The van der Waals surface area contributed by atoms with Gasteiger partial charge in [-0.05, 0) is 48.5 Å². The van der Waals surface area contributed by atoms with Crippen LogP contribution in [0.2, 0.25) is 0 Å². The third-order valence-corrected chi connectivity index (χ3v) is 4.76. The van der Waals surface area contributed by atoms with E-state index in [0.29, 0.717) is 0 Å². The fourth-order valence-corrected chi connectivity index (χ4v) is 3.70. The summed E-state index contributed by atoms with van der Waals surface area (Å²) in [5, 5.41) is 13.9. The number of para-hydroxylation sites is 1. The average Bonchev–Trinajstić information content (AvgIpc) is 3.19. The Kier molecular flexibility index (Phi) is 3.44. The van der Waals surface area contributed by atoms with Gasteiger partial charge < -0.3 is 4.90 Å². The molecule has 3 aromatic rings. The summed E-state index contributed by atoms with van der Waals surface area (Å²) < 4.78 is 1.75. The number of fused-ring (bicyclic) bond motifs is 3. The summed E-state index contributed by atoms with van der Waals surface area (Å²) in [6.07, 6.45) is 2.66. The van der Waals surface area contributed by atoms with Crippen molar-refractivity contribution in [2.45, 2.75) is 18.0 Å². The minimum absolute atomic E-state index is 0.782. The van der Waals surface area contributed by atoms with Crippen LogP contribution < -0.4 is 0 Å². The standard InChI is InChI=1S/C14H16N6S/c1-2-6-12-11(5-1)13-16-17-18-20(13)14(15-12)21-10-9-19-7-3-4-8-19/h1-2,5-6H,3-4,7-10H2. The first-order valence-electron chi connectivity index (χ1n) is 7.24. The maximum Gasteiger partial charge on any atom is 0.193 e. The van der Waals surface area contributed by atoms with E-state index >= 15 is 0 Å². The zero-order valence-corrected chi connectivity index (χ0v) is 12.5. The lowest BCUT2D eigenvalue weighted by Gasteiger charge is -2.13. The molecule has 0 spiro atoms. The lowest BCUT2D eigenvalue weighted by Crippen LogP contribution is -2.22. The van der Waals surface area contributed by atoms with Crippen LogP contribution in [0.5, 0.6) is 0 Å². The highest BCUT2D eigenvalue weighted by Gasteiger charge is 2.14. The maximum absolute atomic E-state index is 4.70. The average molecular weight is 300 g/mol. The van der Waals surface area contributed by atoms with Crippen molar-refractivity contribution in [3.05, 3.63) is 24.3 Å². The fourth-order valence-electron chi connectivity index (χ4n) is 2.76. The summed E-state index contributed by atoms with van der Waals surface area (Å²) in [6, 6.07) is 7.99. The molecular formula is C14H16N6S. The van der Waals surface area contributed by atoms with Crippen LogP contribution in [0.15, 0.2) is 29.4 Å². The van der Waals surface area contributed by atoms with Crippen molar-refractivity contribution < 1.29 is 0 Å². The van der Waals surface area contributed by atoms with E-state index in [2.05, 4.69) is 20.4 Å². The second kappa shape index (κ2) is 5.57. The summed E-state index contributed by atoms with van der Waals surface area (Å²) in [5.41, 5.74) is 1.73. The molecule has 0 N–H and O–H groups in total. The molecular weight excluding hydrogens is 284 g/mol. The van der Waals surface area contributed by atoms with Crippen LogP contribution in [0.3, 0.4) is 0 Å². The zero-order chi connectivity index (χ0) is 14.1. The Morgan fingerprint density at radius 2 is 2.00 bits per heavy atom. The van der Waals surface area contributed by atoms with Crippen LogP contribution in [-0.4, -0.2) is 55.3 Å². The molecule has 0 amide bonds. The molecule has 2 aromatic heterocycles. The molecule has 0 radical (unpaired) electrons. The number of nitrogens with zero attached hydrogens (tertiary/aromatic N) is 6. The molecule has 1 fully saturated rings. The van der Waals surface area contributed by atoms with Crippen LogP contribution in [0, 0.1) is 0 Å². The maximum atomic E-state index is 4.70. The van der Waals surface area contributed by atoms with Crippen LogP contribution >= 0.6 is 11.8 Å². The summed E-state index contributed by atoms with van der Waals surface area (Å²) in [7, 11) is 0. The normalized spacial score (nSPS) is 16.2. The Hall–Kier alpha value is -1.73. The molecule has 1 saturated heterocycles. The van der Waals surface area contributed by atoms with Gasteiger partial charge in [0.15, 0.2) is 10.8 Å². The summed E-state index contributed by atoms with van der Waals surface area (Å²) in [5.74, 6) is 1.01. The molecule has 21 heavy (non-hydrogen) atoms. The molecule has 108 valence electrons. The second-order valence-electron chi connectivity index (χ2n) is 5.22. The highest BCUT2D eigenvalue weighted by Crippen LogP contribution is 2.23. The number of thioether (sulfide) groups is 1. The first kappa shape index (κ1) is 13.0. The largest absolute Gasteiger partial charge is 0.303 e. The fraction of sp³-hybridized carbons (Fsp3) is 0.429. The number of hydrogen-bond acceptors (Lipinski definition) is 6. The first-order valence-corrected chi connectivity index (χ1v) is 8.22. The molecule has 0 bridgehead atoms. The highest BCUT2D eigenvalue weighted by atomic mass is 32.2. The molecule has 0 saturated carbocycles. The molecule has 1 aliphatic heterocycles. The molecule has 6 nitrogen and oxygen atoms in total. The zero-order valence-electron chi connectivity index (χ0n) is 11.6. The quantitative estimate of drug-likeness (QED) is 0.541. The SMILES string of the molecule is c1ccc2c(c1)nc(SCCN1CCCC1)n1nnnc21. The monoisotopic (exact) mass is 300 g/mol. The van der Waals surface area contributed by atoms with E-state index < -0.39 is 0 Å². The third-order valence-electron chi connectivity index (χ3n) is 3.85. The van der Waals surface area contributed by atoms with Gasteiger partial charge in [0.2, 0.25) is 0 Å². The van der Waals surface area contributed by atoms with Gasteiger partial charge in [-0.3, -0.25) is 0 Å². The minimum atomic E-state index is 0.782. The number of likely N-dealkylation sites (tertiary alicyclic amines) is 1. The van der Waals surface area contributed by atoms with Crippen molar-refractivity contribution in [3.8, 4) is 0 Å². The summed E-state index contributed by atoms with van der Waals surface area (Å²) in [4.78, 5) is 7.21. The lowest BCUT2D eigenvalue weighted by atomic mass is 10.2. The van der Waals surface area contributed by atoms with Crippen LogP contribution in [-0.2, 0) is 0 Å². The third kappa shape index (κ3) is 2.47. The van der Waals surface area contributed by atoms with E-state index in [1.807, 2.05) is 24.3 Å². The van der Waals surface area contributed by atoms with Crippen LogP contribution in [0.4, 0.5) is 0 Å². The highest BCUT2D eigenvalue weighted by molar-refractivity contribution is 7.99. The Bertz CT molecular complexity index is 764. The molecule has 0 atom stereocenters. The van der Waals surface area contributed by atoms with E-state index in [0.717, 1.165) is 34.0 Å². The number of hydrogen-bond donors (Lipinski definition) is 0. The van der Waals surface area contributed by atoms with Gasteiger partial charge in [0, 0.05) is 17.7 Å². The van der Waals surface area contributed by atoms with Gasteiger partial charge in [0.25, 0.3) is 0 Å². The van der Waals surface area contributed by atoms with Crippen LogP contribution in [0.1, 0.15) is 12.8 Å². The Morgan fingerprint density at radius 1 is 1.14 bits per heavy atom. The van der Waals surface area contributed by atoms with E-state index in [1.165, 1.54) is 25.9 Å². The molecule has 3 heterocycles. The van der Waals surface area contributed by atoms with E-state index in [9.17, 15) is 0 Å². The van der Waals surface area contributed by atoms with Gasteiger partial charge in [0.05, 0.1) is 5.52 Å². The van der Waals surface area contributed by atoms with Crippen molar-refractivity contribution in [2.75, 3.05) is 25.4 Å². The second-order valence-corrected chi connectivity index (χ2v) is 6.29. The molecule has 1 aliphatic rings. The van der Waals surface area contributed by atoms with Gasteiger partial charge >= 0.3 is 0 Å². The van der Waals surface area contributed by atoms with Gasteiger partial charge in [-0.2, -0.15) is 4.52 Å². The predicted molar refractivity (Wildman–Crippen MR) is 82.5 cm³/mol. The molecule has 4 rings (SSSR count). The van der Waals surface area contributed by atoms with Gasteiger partial charge in [-0.15, -0.1) is 5.10 Å². The van der Waals surface area contributed by atoms with Crippen molar-refractivity contribution >= 4 is 28.3 Å². The van der Waals surface area contributed by atoms with Crippen molar-refractivity contribution in [2.24, 2.45) is 0 Å². The number of tetrazole rings is 1. The van der Waals surface area contributed by atoms with Gasteiger partial charge in [0.1, 0.15) is 0 Å². The summed E-state index contributed by atoms with van der Waals surface area (Å²) >= 11 is 1.72. The Morgan fingerprint density at radius 3 is 2.90 bits per heavy atom. The first-order chi connectivity index (χ1) is 10.4. The summed E-state index contributed by atoms with van der Waals surface area (Å²) in [6.45, 7) is 3.56. The molecule has 1 aromatic carbocycles. The molecule has 0 unspecified atom stereocenters. The Balaban J connectivity index is 1.61. The lowest BCUT2D eigenvalue weighted by molar-refractivity contribution is 0.362. The number of aromatic nitrogens is 5. The van der Waals surface area contributed by atoms with Crippen molar-refractivity contribution in [1.29, 1.82) is 0 Å². The van der Waals surface area contributed by atoms with E-state index in [-0.39, 0.29) is 0 Å². The Labute approximate surface area is 126 Å². The molecule has 0 aliphatic carbocycles. The van der Waals surface area contributed by atoms with E-state index in [4.69, 9.17) is 4.98 Å². The van der Waals surface area contributed by atoms with Gasteiger partial charge in [-0.1, -0.05) is 23.9 Å². The van der Waals surface area contributed by atoms with E-state index in [1.54, 1.807) is 16.3 Å². The van der Waals surface area contributed by atoms with Crippen LogP contribution in [0.25, 0.3) is 16.6 Å². The topological polar surface area (TPSA) is 59.2 Å². The minimum Gasteiger partial charge on any atom is -0.303 e. The van der Waals surface area contributed by atoms with Crippen molar-refractivity contribution in [3.63, 3.8) is 0 Å². The number of rotatable bonds is 4. The van der Waals surface area contributed by atoms with Crippen molar-refractivity contribution in [1.82, 2.24) is 29.9 Å². The predicted octanol–water partition coefficient (Wildman–Crippen LogP) is 1.86.